The SMILES string of the molecule is NC(CCNC(=O)c1c(O)cccc1O)c1ccccc1. The quantitative estimate of drug-likeness (QED) is 0.675. The number of nitrogens with two attached hydrogens (primary N) is 1. The predicted octanol–water partition coefficient (Wildman–Crippen LogP) is 1.92. The van der Waals surface area contributed by atoms with Crippen molar-refractivity contribution in [2.45, 2.75) is 12.5 Å². The number of nitrogens with one attached hydrogen (secondary N) is 1. The summed E-state index contributed by atoms with van der Waals surface area (Å²) in [4.78, 5) is 11.9. The number of phenols is 2. The van der Waals surface area contributed by atoms with E-state index >= 15 is 0 Å². The summed E-state index contributed by atoms with van der Waals surface area (Å²) < 4.78 is 0. The lowest BCUT2D eigenvalue weighted by atomic mass is 10.0. The molecule has 0 saturated carbocycles. The highest BCUT2D eigenvalue weighted by molar-refractivity contribution is 5.99. The Morgan fingerprint density at radius 2 is 1.67 bits per heavy atom. The molecule has 1 amide bonds. The molecule has 2 rings (SSSR count). The number of hydrogen-bond acceptors (Lipinski definition) is 4. The molecule has 5 heteroatoms. The molecule has 2 aromatic carbocycles. The standard InChI is InChI=1S/C16H18N2O3/c17-12(11-5-2-1-3-6-11)9-10-18-16(21)15-13(19)7-4-8-14(15)20/h1-8,12,19-20H,9-10,17H2,(H,18,21). The van der Waals surface area contributed by atoms with Crippen LogP contribution in [0.15, 0.2) is 48.5 Å². The van der Waals surface area contributed by atoms with Gasteiger partial charge in [-0.05, 0) is 24.1 Å². The highest BCUT2D eigenvalue weighted by Gasteiger charge is 2.15. The highest BCUT2D eigenvalue weighted by atomic mass is 16.3. The second-order valence-corrected chi connectivity index (χ2v) is 4.73. The smallest absolute Gasteiger partial charge is 0.258 e. The first-order valence-electron chi connectivity index (χ1n) is 6.69. The minimum absolute atomic E-state index is 0.120. The van der Waals surface area contributed by atoms with Crippen molar-refractivity contribution in [1.29, 1.82) is 0 Å². The van der Waals surface area contributed by atoms with E-state index in [-0.39, 0.29) is 23.1 Å². The molecule has 0 fully saturated rings. The van der Waals surface area contributed by atoms with E-state index in [1.165, 1.54) is 18.2 Å². The molecule has 5 N–H and O–H groups in total. The van der Waals surface area contributed by atoms with E-state index in [0.717, 1.165) is 5.56 Å². The van der Waals surface area contributed by atoms with E-state index < -0.39 is 5.91 Å². The largest absolute Gasteiger partial charge is 0.507 e. The van der Waals surface area contributed by atoms with Crippen LogP contribution in [0.4, 0.5) is 0 Å². The summed E-state index contributed by atoms with van der Waals surface area (Å²) in [6.45, 7) is 0.350. The van der Waals surface area contributed by atoms with Gasteiger partial charge >= 0.3 is 0 Å². The van der Waals surface area contributed by atoms with E-state index in [4.69, 9.17) is 5.73 Å². The van der Waals surface area contributed by atoms with Crippen LogP contribution in [0.25, 0.3) is 0 Å². The Hall–Kier alpha value is -2.53. The van der Waals surface area contributed by atoms with Gasteiger partial charge in [-0.2, -0.15) is 0 Å². The summed E-state index contributed by atoms with van der Waals surface area (Å²) in [6.07, 6.45) is 0.560. The number of hydrogen-bond donors (Lipinski definition) is 4. The van der Waals surface area contributed by atoms with Gasteiger partial charge in [-0.3, -0.25) is 4.79 Å². The maximum Gasteiger partial charge on any atom is 0.258 e. The maximum atomic E-state index is 11.9. The van der Waals surface area contributed by atoms with Crippen molar-refractivity contribution in [3.05, 3.63) is 59.7 Å². The Morgan fingerprint density at radius 3 is 2.29 bits per heavy atom. The molecule has 0 aliphatic heterocycles. The van der Waals surface area contributed by atoms with Crippen molar-refractivity contribution >= 4 is 5.91 Å². The first-order chi connectivity index (χ1) is 10.1. The molecular formula is C16H18N2O3. The van der Waals surface area contributed by atoms with Crippen LogP contribution in [-0.4, -0.2) is 22.7 Å². The molecule has 5 nitrogen and oxygen atoms in total. The fraction of sp³-hybridized carbons (Fsp3) is 0.188. The molecule has 0 aliphatic rings. The summed E-state index contributed by atoms with van der Waals surface area (Å²) in [5.41, 5.74) is 6.91. The molecule has 0 aliphatic carbocycles. The van der Waals surface area contributed by atoms with Gasteiger partial charge in [0.05, 0.1) is 0 Å². The Balaban J connectivity index is 1.90. The summed E-state index contributed by atoms with van der Waals surface area (Å²) >= 11 is 0. The third kappa shape index (κ3) is 3.73. The molecular weight excluding hydrogens is 268 g/mol. The van der Waals surface area contributed by atoms with Gasteiger partial charge in [0.15, 0.2) is 0 Å². The highest BCUT2D eigenvalue weighted by Crippen LogP contribution is 2.25. The Labute approximate surface area is 123 Å². The van der Waals surface area contributed by atoms with Crippen LogP contribution in [0.2, 0.25) is 0 Å². The molecule has 0 radical (unpaired) electrons. The van der Waals surface area contributed by atoms with Crippen LogP contribution in [-0.2, 0) is 0 Å². The Kier molecular flexibility index (Phi) is 4.79. The fourth-order valence-corrected chi connectivity index (χ4v) is 2.06. The molecule has 2 aromatic rings. The number of aromatic hydroxyl groups is 2. The molecule has 21 heavy (non-hydrogen) atoms. The monoisotopic (exact) mass is 286 g/mol. The zero-order chi connectivity index (χ0) is 15.2. The number of benzene rings is 2. The zero-order valence-corrected chi connectivity index (χ0v) is 11.5. The number of phenolic OH excluding ortho intramolecular Hbond substituents is 2. The average Bonchev–Trinajstić information content (AvgIpc) is 2.48. The molecule has 1 atom stereocenters. The lowest BCUT2D eigenvalue weighted by Gasteiger charge is -2.13. The minimum atomic E-state index is -0.522. The number of rotatable bonds is 5. The number of amides is 1. The molecule has 0 saturated heterocycles. The van der Waals surface area contributed by atoms with Crippen molar-refractivity contribution in [2.24, 2.45) is 5.73 Å². The predicted molar refractivity (Wildman–Crippen MR) is 80.1 cm³/mol. The van der Waals surface area contributed by atoms with Crippen LogP contribution in [0.3, 0.4) is 0 Å². The summed E-state index contributed by atoms with van der Waals surface area (Å²) in [5.74, 6) is -1.02. The van der Waals surface area contributed by atoms with Crippen molar-refractivity contribution in [3.63, 3.8) is 0 Å². The Bertz CT molecular complexity index is 594. The van der Waals surface area contributed by atoms with Crippen molar-refractivity contribution < 1.29 is 15.0 Å². The van der Waals surface area contributed by atoms with E-state index in [0.29, 0.717) is 13.0 Å². The van der Waals surface area contributed by atoms with Gasteiger partial charge in [0, 0.05) is 12.6 Å². The van der Waals surface area contributed by atoms with Crippen LogP contribution in [0, 0.1) is 0 Å². The topological polar surface area (TPSA) is 95.6 Å². The molecule has 1 unspecified atom stereocenters. The third-order valence-electron chi connectivity index (χ3n) is 3.22. The summed E-state index contributed by atoms with van der Waals surface area (Å²) in [5, 5.41) is 21.8. The van der Waals surface area contributed by atoms with Crippen LogP contribution >= 0.6 is 0 Å². The van der Waals surface area contributed by atoms with Crippen molar-refractivity contribution in [2.75, 3.05) is 6.54 Å². The van der Waals surface area contributed by atoms with E-state index in [9.17, 15) is 15.0 Å². The minimum Gasteiger partial charge on any atom is -0.507 e. The van der Waals surface area contributed by atoms with E-state index in [1.807, 2.05) is 30.3 Å². The van der Waals surface area contributed by atoms with Gasteiger partial charge < -0.3 is 21.3 Å². The van der Waals surface area contributed by atoms with Crippen LogP contribution < -0.4 is 11.1 Å². The van der Waals surface area contributed by atoms with Gasteiger partial charge in [-0.15, -0.1) is 0 Å². The molecule has 110 valence electrons. The second kappa shape index (κ2) is 6.76. The van der Waals surface area contributed by atoms with Gasteiger partial charge in [0.1, 0.15) is 17.1 Å². The first kappa shape index (κ1) is 14.9. The van der Waals surface area contributed by atoms with Gasteiger partial charge in [0.2, 0.25) is 0 Å². The average molecular weight is 286 g/mol. The van der Waals surface area contributed by atoms with Crippen LogP contribution in [0.5, 0.6) is 11.5 Å². The van der Waals surface area contributed by atoms with E-state index in [2.05, 4.69) is 5.32 Å². The van der Waals surface area contributed by atoms with Gasteiger partial charge in [-0.1, -0.05) is 36.4 Å². The normalized spacial score (nSPS) is 11.9. The lowest BCUT2D eigenvalue weighted by Crippen LogP contribution is -2.27. The molecule has 0 spiro atoms. The number of carbonyl (C=O) groups is 1. The first-order valence-corrected chi connectivity index (χ1v) is 6.69. The number of carbonyl (C=O) groups excluding carboxylic acids is 1. The summed E-state index contributed by atoms with van der Waals surface area (Å²) in [6, 6.07) is 13.6. The van der Waals surface area contributed by atoms with Crippen molar-refractivity contribution in [3.8, 4) is 11.5 Å². The Morgan fingerprint density at radius 1 is 1.05 bits per heavy atom. The lowest BCUT2D eigenvalue weighted by molar-refractivity contribution is 0.0947. The van der Waals surface area contributed by atoms with E-state index in [1.54, 1.807) is 0 Å². The third-order valence-corrected chi connectivity index (χ3v) is 3.22. The second-order valence-electron chi connectivity index (χ2n) is 4.73. The van der Waals surface area contributed by atoms with Gasteiger partial charge in [-0.25, -0.2) is 0 Å². The zero-order valence-electron chi connectivity index (χ0n) is 11.5. The fourth-order valence-electron chi connectivity index (χ4n) is 2.06. The van der Waals surface area contributed by atoms with Gasteiger partial charge in [0.25, 0.3) is 5.91 Å². The maximum absolute atomic E-state index is 11.9. The molecule has 0 bridgehead atoms. The molecule has 0 aromatic heterocycles. The molecule has 0 heterocycles. The van der Waals surface area contributed by atoms with Crippen LogP contribution in [0.1, 0.15) is 28.4 Å². The van der Waals surface area contributed by atoms with Crippen molar-refractivity contribution in [1.82, 2.24) is 5.32 Å². The summed E-state index contributed by atoms with van der Waals surface area (Å²) in [7, 11) is 0.